The van der Waals surface area contributed by atoms with E-state index in [1.54, 1.807) is 13.8 Å². The lowest BCUT2D eigenvalue weighted by Gasteiger charge is -2.42. The van der Waals surface area contributed by atoms with E-state index in [-0.39, 0.29) is 49.4 Å². The van der Waals surface area contributed by atoms with Crippen LogP contribution in [0.15, 0.2) is 36.4 Å². The maximum absolute atomic E-state index is 13.9. The molecule has 0 spiro atoms. The average molecular weight is 835 g/mol. The molecule has 2 aliphatic carbocycles. The van der Waals surface area contributed by atoms with E-state index in [0.717, 1.165) is 37.8 Å². The summed E-state index contributed by atoms with van der Waals surface area (Å²) >= 11 is 0. The fourth-order valence-electron chi connectivity index (χ4n) is 8.26. The normalized spacial score (nSPS) is 21.7. The highest BCUT2D eigenvalue weighted by Gasteiger charge is 2.42. The molecule has 0 bridgehead atoms. The molecule has 0 radical (unpaired) electrons. The number of rotatable bonds is 17. The largest absolute Gasteiger partial charge is 0.416 e. The highest BCUT2D eigenvalue weighted by atomic mass is 19.4. The molecule has 322 valence electrons. The zero-order valence-electron chi connectivity index (χ0n) is 32.3. The lowest BCUT2D eigenvalue weighted by molar-refractivity contribution is -0.272. The molecular formula is C40H50F8N4O6. The Morgan fingerprint density at radius 2 is 0.966 bits per heavy atom. The van der Waals surface area contributed by atoms with Gasteiger partial charge in [0.05, 0.1) is 11.1 Å². The maximum atomic E-state index is 13.9. The van der Waals surface area contributed by atoms with Crippen molar-refractivity contribution in [3.8, 4) is 0 Å². The van der Waals surface area contributed by atoms with Crippen molar-refractivity contribution in [2.24, 2.45) is 11.8 Å². The van der Waals surface area contributed by atoms with Crippen molar-refractivity contribution >= 4 is 11.6 Å². The first-order valence-electron chi connectivity index (χ1n) is 19.8. The van der Waals surface area contributed by atoms with Gasteiger partial charge in [0.25, 0.3) is 11.6 Å². The van der Waals surface area contributed by atoms with Crippen LogP contribution in [0.5, 0.6) is 0 Å². The number of aliphatic hydroxyl groups is 2. The Kier molecular flexibility index (Phi) is 14.0. The summed E-state index contributed by atoms with van der Waals surface area (Å²) in [6, 6.07) is 3.61. The minimum Gasteiger partial charge on any atom is -0.360 e. The summed E-state index contributed by atoms with van der Waals surface area (Å²) in [6.45, 7) is 5.06. The first kappa shape index (κ1) is 44.5. The highest BCUT2D eigenvalue weighted by molar-refractivity contribution is 6.39. The van der Waals surface area contributed by atoms with E-state index in [2.05, 4.69) is 0 Å². The third-order valence-corrected chi connectivity index (χ3v) is 11.8. The van der Waals surface area contributed by atoms with Crippen molar-refractivity contribution in [1.82, 2.24) is 19.9 Å². The summed E-state index contributed by atoms with van der Waals surface area (Å²) in [6.07, 6.45) is -8.69. The number of alkyl halides is 6. The van der Waals surface area contributed by atoms with Crippen molar-refractivity contribution in [3.63, 3.8) is 0 Å². The molecule has 4 fully saturated rings. The van der Waals surface area contributed by atoms with Gasteiger partial charge in [-0.2, -0.15) is 36.5 Å². The van der Waals surface area contributed by atoms with Crippen LogP contribution in [0.4, 0.5) is 35.1 Å². The van der Waals surface area contributed by atoms with Crippen LogP contribution < -0.4 is 0 Å². The van der Waals surface area contributed by atoms with Gasteiger partial charge >= 0.3 is 12.4 Å². The summed E-state index contributed by atoms with van der Waals surface area (Å²) in [4.78, 5) is 40.3. The molecular weight excluding hydrogens is 784 g/mol. The van der Waals surface area contributed by atoms with E-state index in [1.165, 1.54) is 22.3 Å². The third-order valence-electron chi connectivity index (χ3n) is 11.8. The number of benzene rings is 2. The van der Waals surface area contributed by atoms with E-state index < -0.39 is 71.3 Å². The maximum Gasteiger partial charge on any atom is 0.416 e. The highest BCUT2D eigenvalue weighted by Crippen LogP contribution is 2.42. The average Bonchev–Trinajstić information content (AvgIpc) is 4.12. The molecule has 58 heavy (non-hydrogen) atoms. The number of aliphatic hydroxyl groups excluding tert-OH is 2. The molecule has 4 atom stereocenters. The molecule has 2 saturated heterocycles. The Bertz CT molecular complexity index is 1620. The number of halogens is 8. The van der Waals surface area contributed by atoms with E-state index in [0.29, 0.717) is 62.7 Å². The number of piperidine rings is 2. The molecule has 0 aromatic heterocycles. The van der Waals surface area contributed by atoms with E-state index in [9.17, 15) is 54.9 Å². The fourth-order valence-corrected chi connectivity index (χ4v) is 8.26. The van der Waals surface area contributed by atoms with Crippen molar-refractivity contribution < 1.29 is 64.6 Å². The number of carbonyl (C=O) groups is 2. The standard InChI is InChI=1S/C40H50F8N4O6/c1-23(31-9-7-27(41)19-33(31)39(43,44)45)51(21-25-3-4-25)29-11-15-49(16-12-29)57-37(55)35(53)36(54)38(56)58-50-17-13-30(14-18-50)52(22-26-5-6-26)24(2)32-10-8-28(42)20-34(32)40(46,47)48/h7-10,19-20,23-26,29-30,37-38,55-56H,3-6,11-18,21-22H2,1-2H3. The quantitative estimate of drug-likeness (QED) is 0.100. The van der Waals surface area contributed by atoms with Gasteiger partial charge in [0.15, 0.2) is 0 Å². The van der Waals surface area contributed by atoms with Gasteiger partial charge in [-0.3, -0.25) is 29.1 Å². The first-order chi connectivity index (χ1) is 27.3. The van der Waals surface area contributed by atoms with E-state index in [1.807, 2.05) is 9.80 Å². The number of ketones is 2. The SMILES string of the molecule is CC(c1ccc(F)cc1C(F)(F)F)N(CC1CC1)C1CCN(OC(O)C(=O)C(=O)C(O)ON2CCC(N(CC3CC3)C(C)c3ccc(F)cc3C(F)(F)F)CC2)CC1. The topological polar surface area (TPSA) is 106 Å². The minimum atomic E-state index is -4.75. The summed E-state index contributed by atoms with van der Waals surface area (Å²) in [5, 5.41) is 23.6. The Labute approximate surface area is 331 Å². The third kappa shape index (κ3) is 11.2. The molecule has 4 aliphatic rings. The number of hydroxylamine groups is 4. The second kappa shape index (κ2) is 18.3. The van der Waals surface area contributed by atoms with Crippen molar-refractivity contribution in [1.29, 1.82) is 0 Å². The van der Waals surface area contributed by atoms with E-state index in [4.69, 9.17) is 9.68 Å². The number of Topliss-reactive ketones (excluding diaryl/α,β-unsaturated/α-hetero) is 2. The predicted molar refractivity (Wildman–Crippen MR) is 192 cm³/mol. The molecule has 2 aromatic rings. The minimum absolute atomic E-state index is 0.0344. The molecule has 4 unspecified atom stereocenters. The van der Waals surface area contributed by atoms with Crippen LogP contribution in [-0.2, 0) is 31.6 Å². The summed E-state index contributed by atoms with van der Waals surface area (Å²) in [7, 11) is 0. The zero-order chi connectivity index (χ0) is 42.1. The Morgan fingerprint density at radius 3 is 1.26 bits per heavy atom. The van der Waals surface area contributed by atoms with Crippen LogP contribution in [0.2, 0.25) is 0 Å². The molecule has 2 N–H and O–H groups in total. The Hall–Kier alpha value is -3.10. The van der Waals surface area contributed by atoms with Gasteiger partial charge in [-0.1, -0.05) is 12.1 Å². The number of carbonyl (C=O) groups excluding carboxylic acids is 2. The van der Waals surface area contributed by atoms with Gasteiger partial charge in [-0.05, 0) is 112 Å². The van der Waals surface area contributed by atoms with Crippen molar-refractivity contribution in [2.45, 2.75) is 114 Å². The van der Waals surface area contributed by atoms with Crippen molar-refractivity contribution in [3.05, 3.63) is 70.3 Å². The van der Waals surface area contributed by atoms with Crippen LogP contribution in [0, 0.1) is 23.5 Å². The monoisotopic (exact) mass is 834 g/mol. The molecule has 0 amide bonds. The molecule has 2 aromatic carbocycles. The lowest BCUT2D eigenvalue weighted by Crippen LogP contribution is -2.50. The molecule has 2 aliphatic heterocycles. The Balaban J connectivity index is 0.988. The van der Waals surface area contributed by atoms with Crippen LogP contribution in [-0.4, -0.2) is 106 Å². The van der Waals surface area contributed by atoms with Gasteiger partial charge in [-0.15, -0.1) is 0 Å². The summed E-state index contributed by atoms with van der Waals surface area (Å²) in [5.41, 5.74) is -2.13. The van der Waals surface area contributed by atoms with Crippen LogP contribution in [0.25, 0.3) is 0 Å². The zero-order valence-corrected chi connectivity index (χ0v) is 32.3. The number of nitrogens with zero attached hydrogens (tertiary/aromatic N) is 4. The molecule has 2 heterocycles. The van der Waals surface area contributed by atoms with Gasteiger partial charge in [0, 0.05) is 63.4 Å². The van der Waals surface area contributed by atoms with Crippen LogP contribution in [0.3, 0.4) is 0 Å². The smallest absolute Gasteiger partial charge is 0.360 e. The second-order valence-electron chi connectivity index (χ2n) is 16.1. The molecule has 6 rings (SSSR count). The van der Waals surface area contributed by atoms with Gasteiger partial charge in [0.1, 0.15) is 11.6 Å². The summed E-state index contributed by atoms with van der Waals surface area (Å²) in [5.74, 6) is -4.24. The molecule has 2 saturated carbocycles. The Morgan fingerprint density at radius 1 is 0.638 bits per heavy atom. The van der Waals surface area contributed by atoms with Crippen LogP contribution in [0.1, 0.15) is 99.6 Å². The van der Waals surface area contributed by atoms with Crippen molar-refractivity contribution in [2.75, 3.05) is 39.3 Å². The predicted octanol–water partition coefficient (Wildman–Crippen LogP) is 6.82. The molecule has 18 heteroatoms. The first-order valence-corrected chi connectivity index (χ1v) is 19.8. The van der Waals surface area contributed by atoms with E-state index >= 15 is 0 Å². The lowest BCUT2D eigenvalue weighted by atomic mass is 9.95. The second-order valence-corrected chi connectivity index (χ2v) is 16.1. The van der Waals surface area contributed by atoms with Crippen LogP contribution >= 0.6 is 0 Å². The summed E-state index contributed by atoms with van der Waals surface area (Å²) < 4.78 is 111. The van der Waals surface area contributed by atoms with Gasteiger partial charge in [0.2, 0.25) is 12.6 Å². The fraction of sp³-hybridized carbons (Fsp3) is 0.650. The van der Waals surface area contributed by atoms with Gasteiger partial charge < -0.3 is 10.2 Å². The molecule has 10 nitrogen and oxygen atoms in total. The number of hydrogen-bond donors (Lipinski definition) is 2. The number of hydrogen-bond acceptors (Lipinski definition) is 10. The van der Waals surface area contributed by atoms with Gasteiger partial charge in [-0.25, -0.2) is 8.78 Å².